The van der Waals surface area contributed by atoms with Gasteiger partial charge in [0, 0.05) is 12.5 Å². The number of nitrogens with two attached hydrogens (primary N) is 1. The third-order valence-corrected chi connectivity index (χ3v) is 2.50. The van der Waals surface area contributed by atoms with Crippen LogP contribution in [-0.2, 0) is 16.0 Å². The van der Waals surface area contributed by atoms with Crippen LogP contribution >= 0.6 is 0 Å². The van der Waals surface area contributed by atoms with Crippen molar-refractivity contribution in [1.82, 2.24) is 0 Å². The van der Waals surface area contributed by atoms with E-state index in [-0.39, 0.29) is 12.0 Å². The van der Waals surface area contributed by atoms with Gasteiger partial charge >= 0.3 is 5.97 Å². The van der Waals surface area contributed by atoms with Crippen LogP contribution in [0.15, 0.2) is 24.3 Å². The van der Waals surface area contributed by atoms with Crippen LogP contribution in [0.5, 0.6) is 5.75 Å². The molecule has 0 spiro atoms. The monoisotopic (exact) mass is 251 g/mol. The third-order valence-electron chi connectivity index (χ3n) is 2.50. The Labute approximate surface area is 108 Å². The summed E-state index contributed by atoms with van der Waals surface area (Å²) in [5, 5.41) is 0. The second-order valence-electron chi connectivity index (χ2n) is 4.35. The summed E-state index contributed by atoms with van der Waals surface area (Å²) in [6, 6.07) is 8.04. The summed E-state index contributed by atoms with van der Waals surface area (Å²) in [5.41, 5.74) is 6.93. The summed E-state index contributed by atoms with van der Waals surface area (Å²) in [7, 11) is 1.39. The predicted molar refractivity (Wildman–Crippen MR) is 70.5 cm³/mol. The van der Waals surface area contributed by atoms with Gasteiger partial charge in [0.1, 0.15) is 5.75 Å². The van der Waals surface area contributed by atoms with Crippen LogP contribution in [0.25, 0.3) is 0 Å². The summed E-state index contributed by atoms with van der Waals surface area (Å²) in [5.74, 6) is 0.610. The van der Waals surface area contributed by atoms with Crippen LogP contribution in [0.2, 0.25) is 0 Å². The molecule has 0 saturated carbocycles. The van der Waals surface area contributed by atoms with Gasteiger partial charge in [-0.3, -0.25) is 4.79 Å². The number of methoxy groups -OCH3 is 1. The van der Waals surface area contributed by atoms with Gasteiger partial charge in [-0.1, -0.05) is 12.1 Å². The molecule has 100 valence electrons. The molecule has 1 rings (SSSR count). The first-order chi connectivity index (χ1) is 8.61. The van der Waals surface area contributed by atoms with Gasteiger partial charge in [0.05, 0.1) is 13.7 Å². The smallest absolute Gasteiger partial charge is 0.305 e. The molecule has 1 aromatic carbocycles. The molecule has 0 amide bonds. The summed E-state index contributed by atoms with van der Waals surface area (Å²) in [6.07, 6.45) is 1.91. The second kappa shape index (κ2) is 7.71. The van der Waals surface area contributed by atoms with Crippen LogP contribution in [0.3, 0.4) is 0 Å². The second-order valence-corrected chi connectivity index (χ2v) is 4.35. The van der Waals surface area contributed by atoms with Crippen molar-refractivity contribution in [2.75, 3.05) is 13.7 Å². The standard InChI is InChI=1S/C14H21NO3/c1-11(15)10-12-5-7-13(8-6-12)18-9-3-4-14(16)17-2/h5-8,11H,3-4,9-10,15H2,1-2H3/t11-/m1/s1. The molecule has 0 aliphatic heterocycles. The Morgan fingerprint density at radius 2 is 2.00 bits per heavy atom. The van der Waals surface area contributed by atoms with Gasteiger partial charge in [0.2, 0.25) is 0 Å². The van der Waals surface area contributed by atoms with Crippen molar-refractivity contribution in [2.24, 2.45) is 5.73 Å². The van der Waals surface area contributed by atoms with Gasteiger partial charge < -0.3 is 15.2 Å². The number of benzene rings is 1. The van der Waals surface area contributed by atoms with Crippen LogP contribution in [0.1, 0.15) is 25.3 Å². The van der Waals surface area contributed by atoms with Crippen LogP contribution in [0, 0.1) is 0 Å². The van der Waals surface area contributed by atoms with Crippen LogP contribution in [0.4, 0.5) is 0 Å². The fourth-order valence-electron chi connectivity index (χ4n) is 1.60. The van der Waals surface area contributed by atoms with E-state index >= 15 is 0 Å². The van der Waals surface area contributed by atoms with Gasteiger partial charge in [-0.05, 0) is 37.5 Å². The Hall–Kier alpha value is -1.55. The molecule has 0 aliphatic carbocycles. The number of rotatable bonds is 7. The Morgan fingerprint density at radius 1 is 1.33 bits per heavy atom. The molecule has 0 saturated heterocycles. The highest BCUT2D eigenvalue weighted by molar-refractivity contribution is 5.69. The van der Waals surface area contributed by atoms with Crippen molar-refractivity contribution in [3.05, 3.63) is 29.8 Å². The number of carbonyl (C=O) groups excluding carboxylic acids is 1. The lowest BCUT2D eigenvalue weighted by atomic mass is 10.1. The predicted octanol–water partition coefficient (Wildman–Crippen LogP) is 1.91. The molecule has 0 fully saturated rings. The first kappa shape index (κ1) is 14.5. The van der Waals surface area contributed by atoms with Gasteiger partial charge in [-0.25, -0.2) is 0 Å². The van der Waals surface area contributed by atoms with Crippen molar-refractivity contribution in [3.63, 3.8) is 0 Å². The summed E-state index contributed by atoms with van der Waals surface area (Å²) >= 11 is 0. The molecule has 1 atom stereocenters. The zero-order valence-corrected chi connectivity index (χ0v) is 11.0. The van der Waals surface area contributed by atoms with E-state index in [0.717, 1.165) is 12.2 Å². The van der Waals surface area contributed by atoms with E-state index in [1.165, 1.54) is 12.7 Å². The molecule has 0 aromatic heterocycles. The zero-order chi connectivity index (χ0) is 13.4. The lowest BCUT2D eigenvalue weighted by Gasteiger charge is -2.08. The SMILES string of the molecule is COC(=O)CCCOc1ccc(C[C@@H](C)N)cc1. The minimum Gasteiger partial charge on any atom is -0.494 e. The van der Waals surface area contributed by atoms with E-state index in [1.54, 1.807) is 0 Å². The lowest BCUT2D eigenvalue weighted by Crippen LogP contribution is -2.17. The lowest BCUT2D eigenvalue weighted by molar-refractivity contribution is -0.140. The molecular weight excluding hydrogens is 230 g/mol. The van der Waals surface area contributed by atoms with E-state index in [1.807, 2.05) is 31.2 Å². The Kier molecular flexibility index (Phi) is 6.22. The highest BCUT2D eigenvalue weighted by atomic mass is 16.5. The summed E-state index contributed by atoms with van der Waals surface area (Å²) in [6.45, 7) is 2.50. The molecule has 0 heterocycles. The number of esters is 1. The first-order valence-corrected chi connectivity index (χ1v) is 6.16. The van der Waals surface area contributed by atoms with Crippen molar-refractivity contribution in [2.45, 2.75) is 32.2 Å². The molecule has 4 heteroatoms. The minimum atomic E-state index is -0.203. The highest BCUT2D eigenvalue weighted by Gasteiger charge is 2.01. The van der Waals surface area contributed by atoms with Crippen molar-refractivity contribution in [3.8, 4) is 5.75 Å². The fourth-order valence-corrected chi connectivity index (χ4v) is 1.60. The first-order valence-electron chi connectivity index (χ1n) is 6.16. The van der Waals surface area contributed by atoms with Crippen molar-refractivity contribution in [1.29, 1.82) is 0 Å². The zero-order valence-electron chi connectivity index (χ0n) is 11.0. The third kappa shape index (κ3) is 5.68. The van der Waals surface area contributed by atoms with E-state index in [4.69, 9.17) is 10.5 Å². The molecular formula is C14H21NO3. The maximum atomic E-state index is 10.9. The van der Waals surface area contributed by atoms with Crippen LogP contribution in [-0.4, -0.2) is 25.7 Å². The van der Waals surface area contributed by atoms with Crippen LogP contribution < -0.4 is 10.5 Å². The molecule has 0 aliphatic rings. The van der Waals surface area contributed by atoms with Gasteiger partial charge in [-0.15, -0.1) is 0 Å². The molecule has 0 radical (unpaired) electrons. The minimum absolute atomic E-state index is 0.164. The summed E-state index contributed by atoms with van der Waals surface area (Å²) in [4.78, 5) is 10.9. The Bertz CT molecular complexity index is 360. The van der Waals surface area contributed by atoms with E-state index < -0.39 is 0 Å². The normalized spacial score (nSPS) is 11.9. The highest BCUT2D eigenvalue weighted by Crippen LogP contribution is 2.13. The largest absolute Gasteiger partial charge is 0.494 e. The number of ether oxygens (including phenoxy) is 2. The van der Waals surface area contributed by atoms with Crippen molar-refractivity contribution < 1.29 is 14.3 Å². The number of hydrogen-bond donors (Lipinski definition) is 1. The maximum Gasteiger partial charge on any atom is 0.305 e. The van der Waals surface area contributed by atoms with Gasteiger partial charge in [0.25, 0.3) is 0 Å². The fraction of sp³-hybridized carbons (Fsp3) is 0.500. The molecule has 4 nitrogen and oxygen atoms in total. The van der Waals surface area contributed by atoms with Gasteiger partial charge in [-0.2, -0.15) is 0 Å². The van der Waals surface area contributed by atoms with Gasteiger partial charge in [0.15, 0.2) is 0 Å². The average molecular weight is 251 g/mol. The Balaban J connectivity index is 2.28. The molecule has 18 heavy (non-hydrogen) atoms. The maximum absolute atomic E-state index is 10.9. The molecule has 1 aromatic rings. The topological polar surface area (TPSA) is 61.5 Å². The number of carbonyl (C=O) groups is 1. The number of hydrogen-bond acceptors (Lipinski definition) is 4. The van der Waals surface area contributed by atoms with E-state index in [0.29, 0.717) is 19.4 Å². The molecule has 2 N–H and O–H groups in total. The van der Waals surface area contributed by atoms with E-state index in [9.17, 15) is 4.79 Å². The molecule has 0 unspecified atom stereocenters. The average Bonchev–Trinajstić information content (AvgIpc) is 2.35. The quantitative estimate of drug-likeness (QED) is 0.594. The Morgan fingerprint density at radius 3 is 2.56 bits per heavy atom. The summed E-state index contributed by atoms with van der Waals surface area (Å²) < 4.78 is 10.1. The van der Waals surface area contributed by atoms with Crippen molar-refractivity contribution >= 4 is 5.97 Å². The molecule has 0 bridgehead atoms. The van der Waals surface area contributed by atoms with E-state index in [2.05, 4.69) is 4.74 Å².